The van der Waals surface area contributed by atoms with Crippen LogP contribution in [0, 0.1) is 6.92 Å². The molecular weight excluding hydrogens is 414 g/mol. The molecule has 1 N–H and O–H groups in total. The van der Waals surface area contributed by atoms with Crippen molar-refractivity contribution in [1.29, 1.82) is 0 Å². The molecule has 0 radical (unpaired) electrons. The molecule has 0 spiro atoms. The van der Waals surface area contributed by atoms with Gasteiger partial charge in [0.25, 0.3) is 0 Å². The van der Waals surface area contributed by atoms with Crippen molar-refractivity contribution in [3.8, 4) is 11.5 Å². The summed E-state index contributed by atoms with van der Waals surface area (Å²) in [6, 6.07) is 23.7. The Balaban J connectivity index is 1.70. The first-order chi connectivity index (χ1) is 16.1. The van der Waals surface area contributed by atoms with Gasteiger partial charge < -0.3 is 14.6 Å². The van der Waals surface area contributed by atoms with E-state index in [1.165, 1.54) is 0 Å². The molecule has 3 aromatic rings. The minimum Gasteiger partial charge on any atom is -0.490 e. The van der Waals surface area contributed by atoms with Crippen LogP contribution in [0.4, 0.5) is 0 Å². The number of likely N-dealkylation sites (tertiary alicyclic amines) is 1. The number of carboxylic acid groups (broad SMARTS) is 1. The predicted molar refractivity (Wildman–Crippen MR) is 129 cm³/mol. The predicted octanol–water partition coefficient (Wildman–Crippen LogP) is 5.61. The van der Waals surface area contributed by atoms with E-state index in [0.29, 0.717) is 31.1 Å². The molecule has 0 saturated carbocycles. The van der Waals surface area contributed by atoms with Crippen LogP contribution in [0.3, 0.4) is 0 Å². The fourth-order valence-electron chi connectivity index (χ4n) is 4.60. The van der Waals surface area contributed by atoms with Crippen molar-refractivity contribution in [2.75, 3.05) is 13.2 Å². The third kappa shape index (κ3) is 5.37. The standard InChI is InChI=1S/C28H31NO4/c1-3-32-26-18-23(14-15-25(26)33-19-21-10-5-4-6-11-21)27(22-12-7-9-20(2)17-22)29-16-8-13-24(29)28(30)31/h4-7,9-12,14-15,17-18,24,27H,3,8,13,16,19H2,1-2H3,(H,30,31). The van der Waals surface area contributed by atoms with Gasteiger partial charge in [-0.2, -0.15) is 0 Å². The smallest absolute Gasteiger partial charge is 0.320 e. The van der Waals surface area contributed by atoms with Gasteiger partial charge in [0.05, 0.1) is 12.6 Å². The largest absolute Gasteiger partial charge is 0.490 e. The van der Waals surface area contributed by atoms with E-state index in [4.69, 9.17) is 9.47 Å². The van der Waals surface area contributed by atoms with Crippen LogP contribution in [0.2, 0.25) is 0 Å². The Morgan fingerprint density at radius 2 is 1.79 bits per heavy atom. The quantitative estimate of drug-likeness (QED) is 0.464. The number of carboxylic acids is 1. The van der Waals surface area contributed by atoms with Crippen LogP contribution < -0.4 is 9.47 Å². The number of rotatable bonds is 9. The summed E-state index contributed by atoms with van der Waals surface area (Å²) in [7, 11) is 0. The first-order valence-electron chi connectivity index (χ1n) is 11.6. The summed E-state index contributed by atoms with van der Waals surface area (Å²) in [5.41, 5.74) is 4.33. The van der Waals surface area contributed by atoms with Crippen LogP contribution in [-0.2, 0) is 11.4 Å². The van der Waals surface area contributed by atoms with Gasteiger partial charge in [-0.05, 0) is 55.5 Å². The first-order valence-corrected chi connectivity index (χ1v) is 11.6. The lowest BCUT2D eigenvalue weighted by molar-refractivity contribution is -0.142. The summed E-state index contributed by atoms with van der Waals surface area (Å²) in [6.07, 6.45) is 1.53. The summed E-state index contributed by atoms with van der Waals surface area (Å²) < 4.78 is 12.0. The molecule has 172 valence electrons. The van der Waals surface area contributed by atoms with E-state index in [2.05, 4.69) is 30.0 Å². The van der Waals surface area contributed by atoms with E-state index in [9.17, 15) is 9.90 Å². The third-order valence-corrected chi connectivity index (χ3v) is 6.09. The van der Waals surface area contributed by atoms with E-state index in [1.807, 2.05) is 61.5 Å². The number of hydrogen-bond donors (Lipinski definition) is 1. The zero-order valence-corrected chi connectivity index (χ0v) is 19.2. The van der Waals surface area contributed by atoms with Crippen LogP contribution in [0.1, 0.15) is 48.1 Å². The average Bonchev–Trinajstić information content (AvgIpc) is 3.29. The van der Waals surface area contributed by atoms with Crippen molar-refractivity contribution in [2.24, 2.45) is 0 Å². The van der Waals surface area contributed by atoms with Gasteiger partial charge in [0.2, 0.25) is 0 Å². The molecule has 5 heteroatoms. The second-order valence-corrected chi connectivity index (χ2v) is 8.46. The molecule has 3 aromatic carbocycles. The van der Waals surface area contributed by atoms with Crippen LogP contribution in [0.15, 0.2) is 72.8 Å². The molecule has 1 heterocycles. The molecule has 2 unspecified atom stereocenters. The number of carbonyl (C=O) groups is 1. The SMILES string of the molecule is CCOc1cc(C(c2cccc(C)c2)N2CCCC2C(=O)O)ccc1OCc1ccccc1. The summed E-state index contributed by atoms with van der Waals surface area (Å²) in [4.78, 5) is 14.1. The number of benzene rings is 3. The fourth-order valence-corrected chi connectivity index (χ4v) is 4.60. The Morgan fingerprint density at radius 1 is 1.00 bits per heavy atom. The summed E-state index contributed by atoms with van der Waals surface area (Å²) in [5.74, 6) is 0.594. The number of hydrogen-bond acceptors (Lipinski definition) is 4. The van der Waals surface area contributed by atoms with Crippen LogP contribution in [0.5, 0.6) is 11.5 Å². The van der Waals surface area contributed by atoms with Crippen LogP contribution in [-0.4, -0.2) is 35.2 Å². The maximum Gasteiger partial charge on any atom is 0.320 e. The van der Waals surface area contributed by atoms with Crippen LogP contribution >= 0.6 is 0 Å². The molecule has 0 amide bonds. The maximum absolute atomic E-state index is 12.0. The molecule has 1 fully saturated rings. The summed E-state index contributed by atoms with van der Waals surface area (Å²) in [6.45, 7) is 5.72. The molecule has 5 nitrogen and oxygen atoms in total. The van der Waals surface area contributed by atoms with Crippen molar-refractivity contribution < 1.29 is 19.4 Å². The monoisotopic (exact) mass is 445 g/mol. The fraction of sp³-hybridized carbons (Fsp3) is 0.321. The maximum atomic E-state index is 12.0. The topological polar surface area (TPSA) is 59.0 Å². The molecule has 33 heavy (non-hydrogen) atoms. The molecule has 1 saturated heterocycles. The zero-order chi connectivity index (χ0) is 23.2. The highest BCUT2D eigenvalue weighted by molar-refractivity contribution is 5.74. The van der Waals surface area contributed by atoms with Gasteiger partial charge in [-0.1, -0.05) is 66.2 Å². The van der Waals surface area contributed by atoms with E-state index in [1.54, 1.807) is 0 Å². The number of aliphatic carboxylic acids is 1. The summed E-state index contributed by atoms with van der Waals surface area (Å²) in [5, 5.41) is 9.86. The molecule has 0 aromatic heterocycles. The van der Waals surface area contributed by atoms with Crippen molar-refractivity contribution >= 4 is 5.97 Å². The Bertz CT molecular complexity index is 1080. The van der Waals surface area contributed by atoms with Gasteiger partial charge >= 0.3 is 5.97 Å². The lowest BCUT2D eigenvalue weighted by atomic mass is 9.94. The van der Waals surface area contributed by atoms with E-state index < -0.39 is 12.0 Å². The van der Waals surface area contributed by atoms with Crippen molar-refractivity contribution in [2.45, 2.75) is 45.4 Å². The normalized spacial score (nSPS) is 17.0. The van der Waals surface area contributed by atoms with Crippen molar-refractivity contribution in [3.05, 3.63) is 95.1 Å². The van der Waals surface area contributed by atoms with E-state index >= 15 is 0 Å². The lowest BCUT2D eigenvalue weighted by Crippen LogP contribution is -2.39. The minimum absolute atomic E-state index is 0.170. The van der Waals surface area contributed by atoms with Crippen LogP contribution in [0.25, 0.3) is 0 Å². The Labute approximate surface area is 195 Å². The molecule has 0 bridgehead atoms. The minimum atomic E-state index is -0.766. The average molecular weight is 446 g/mol. The van der Waals surface area contributed by atoms with E-state index in [0.717, 1.165) is 35.2 Å². The van der Waals surface area contributed by atoms with Gasteiger partial charge in [0.15, 0.2) is 11.5 Å². The van der Waals surface area contributed by atoms with E-state index in [-0.39, 0.29) is 6.04 Å². The molecule has 1 aliphatic rings. The van der Waals surface area contributed by atoms with Gasteiger partial charge in [-0.15, -0.1) is 0 Å². The van der Waals surface area contributed by atoms with Gasteiger partial charge in [-0.25, -0.2) is 0 Å². The van der Waals surface area contributed by atoms with Gasteiger partial charge in [0.1, 0.15) is 12.6 Å². The third-order valence-electron chi connectivity index (χ3n) is 6.09. The second-order valence-electron chi connectivity index (χ2n) is 8.46. The molecule has 1 aliphatic heterocycles. The highest BCUT2D eigenvalue weighted by Gasteiger charge is 2.37. The van der Waals surface area contributed by atoms with Gasteiger partial charge in [-0.3, -0.25) is 9.69 Å². The lowest BCUT2D eigenvalue weighted by Gasteiger charge is -2.32. The molecule has 0 aliphatic carbocycles. The Kier molecular flexibility index (Phi) is 7.30. The highest BCUT2D eigenvalue weighted by atomic mass is 16.5. The Morgan fingerprint density at radius 3 is 2.52 bits per heavy atom. The Hall–Kier alpha value is -3.31. The first kappa shape index (κ1) is 22.9. The zero-order valence-electron chi connectivity index (χ0n) is 19.2. The molecule has 2 atom stereocenters. The second kappa shape index (κ2) is 10.5. The van der Waals surface area contributed by atoms with Gasteiger partial charge in [0, 0.05) is 6.54 Å². The number of ether oxygens (including phenoxy) is 2. The number of nitrogens with zero attached hydrogens (tertiary/aromatic N) is 1. The molecular formula is C28H31NO4. The molecule has 4 rings (SSSR count). The van der Waals surface area contributed by atoms with Crippen molar-refractivity contribution in [3.63, 3.8) is 0 Å². The number of aryl methyl sites for hydroxylation is 1. The van der Waals surface area contributed by atoms with Crippen molar-refractivity contribution in [1.82, 2.24) is 4.90 Å². The summed E-state index contributed by atoms with van der Waals surface area (Å²) >= 11 is 0. The highest BCUT2D eigenvalue weighted by Crippen LogP contribution is 2.39.